The van der Waals surface area contributed by atoms with Crippen LogP contribution in [0.2, 0.25) is 0 Å². The summed E-state index contributed by atoms with van der Waals surface area (Å²) in [7, 11) is 4.20. The first-order valence-electron chi connectivity index (χ1n) is 13.3. The highest BCUT2D eigenvalue weighted by molar-refractivity contribution is 5.75. The molecule has 2 rings (SSSR count). The van der Waals surface area contributed by atoms with Crippen LogP contribution < -0.4 is 0 Å². The number of rotatable bonds is 7. The summed E-state index contributed by atoms with van der Waals surface area (Å²) in [6.07, 6.45) is -5.71. The Morgan fingerprint density at radius 2 is 1.66 bits per heavy atom. The van der Waals surface area contributed by atoms with Crippen LogP contribution in [0.1, 0.15) is 59.8 Å². The quantitative estimate of drug-likeness (QED) is 0.224. The summed E-state index contributed by atoms with van der Waals surface area (Å²) < 4.78 is 28.3. The Bertz CT molecular complexity index is 783. The summed E-state index contributed by atoms with van der Waals surface area (Å²) in [5.74, 6) is -3.29. The van der Waals surface area contributed by atoms with E-state index in [1.165, 1.54) is 21.3 Å². The monoisotopic (exact) mass is 548 g/mol. The van der Waals surface area contributed by atoms with Gasteiger partial charge in [0.2, 0.25) is 5.79 Å². The molecule has 222 valence electrons. The van der Waals surface area contributed by atoms with Crippen molar-refractivity contribution in [1.29, 1.82) is 0 Å². The summed E-state index contributed by atoms with van der Waals surface area (Å²) in [5.41, 5.74) is -0.730. The lowest BCUT2D eigenvalue weighted by molar-refractivity contribution is -0.379. The van der Waals surface area contributed by atoms with Gasteiger partial charge in [-0.15, -0.1) is 0 Å². The van der Waals surface area contributed by atoms with Crippen molar-refractivity contribution in [2.45, 2.75) is 114 Å². The first-order chi connectivity index (χ1) is 17.8. The van der Waals surface area contributed by atoms with Crippen molar-refractivity contribution in [2.75, 3.05) is 27.9 Å². The van der Waals surface area contributed by atoms with E-state index in [4.69, 9.17) is 23.7 Å². The standard InChI is InChI=1S/C27H48O11/c1-8-16(14-28)9-15(2)19-10-17(34-5)13-22(29)26(3,4)27(33)24(31)21(36-7)12-18(38-27)11-20(35-6)23(30)25(32)37-19/h9,16-24,28-31,33H,8,10-14H2,1-7H3/t16?,17-,18?,19?,20-,21?,22+,23+,24?,27+/m0/s1. The molecule has 0 aliphatic carbocycles. The lowest BCUT2D eigenvalue weighted by atomic mass is 9.70. The molecule has 2 aliphatic rings. The zero-order chi connectivity index (χ0) is 28.8. The molecule has 0 amide bonds. The first kappa shape index (κ1) is 33.1. The minimum absolute atomic E-state index is 0.0174. The van der Waals surface area contributed by atoms with E-state index in [9.17, 15) is 30.3 Å². The highest BCUT2D eigenvalue weighted by Crippen LogP contribution is 2.46. The number of ether oxygens (including phenoxy) is 5. The van der Waals surface area contributed by atoms with E-state index in [1.54, 1.807) is 20.8 Å². The SMILES string of the molecule is CCC(C=C(C)C1C[C@H](OC)C[C@@H](O)C(C)(C)[C@]2(O)OC(CC(OC)C2O)C[C@H](OC)[C@@H](O)C(=O)O1)CO. The third-order valence-electron chi connectivity index (χ3n) is 8.37. The van der Waals surface area contributed by atoms with Crippen LogP contribution in [0.5, 0.6) is 0 Å². The van der Waals surface area contributed by atoms with Crippen LogP contribution in [0.4, 0.5) is 0 Å². The number of hydrogen-bond acceptors (Lipinski definition) is 11. The maximum Gasteiger partial charge on any atom is 0.338 e. The summed E-state index contributed by atoms with van der Waals surface area (Å²) in [6, 6.07) is 0. The van der Waals surface area contributed by atoms with Crippen LogP contribution >= 0.6 is 0 Å². The van der Waals surface area contributed by atoms with Crippen molar-refractivity contribution < 1.29 is 54.0 Å². The predicted molar refractivity (Wildman–Crippen MR) is 137 cm³/mol. The fraction of sp³-hybridized carbons (Fsp3) is 0.889. The van der Waals surface area contributed by atoms with Crippen LogP contribution in [-0.2, 0) is 28.5 Å². The molecular formula is C27H48O11. The van der Waals surface area contributed by atoms with Gasteiger partial charge in [0.1, 0.15) is 12.2 Å². The molecule has 10 atom stereocenters. The van der Waals surface area contributed by atoms with Crippen molar-refractivity contribution in [2.24, 2.45) is 11.3 Å². The third kappa shape index (κ3) is 7.13. The lowest BCUT2D eigenvalue weighted by Crippen LogP contribution is -2.68. The molecule has 0 aromatic rings. The van der Waals surface area contributed by atoms with Crippen molar-refractivity contribution in [3.8, 4) is 0 Å². The van der Waals surface area contributed by atoms with Crippen LogP contribution in [-0.4, -0.2) is 114 Å². The average molecular weight is 549 g/mol. The Morgan fingerprint density at radius 1 is 1.05 bits per heavy atom. The molecule has 0 aromatic heterocycles. The van der Waals surface area contributed by atoms with E-state index in [-0.39, 0.29) is 38.2 Å². The molecule has 0 saturated carbocycles. The highest BCUT2D eigenvalue weighted by atomic mass is 16.7. The molecule has 2 saturated heterocycles. The van der Waals surface area contributed by atoms with Gasteiger partial charge < -0.3 is 49.2 Å². The molecule has 2 aliphatic heterocycles. The molecule has 11 nitrogen and oxygen atoms in total. The second kappa shape index (κ2) is 14.0. The van der Waals surface area contributed by atoms with E-state index in [1.807, 2.05) is 13.0 Å². The van der Waals surface area contributed by atoms with Crippen molar-refractivity contribution in [3.63, 3.8) is 0 Å². The Morgan fingerprint density at radius 3 is 2.18 bits per heavy atom. The summed E-state index contributed by atoms with van der Waals surface area (Å²) in [4.78, 5) is 13.1. The number of fused-ring (bicyclic) bond motifs is 2. The summed E-state index contributed by atoms with van der Waals surface area (Å²) >= 11 is 0. The number of carbonyl (C=O) groups is 1. The van der Waals surface area contributed by atoms with Crippen molar-refractivity contribution in [1.82, 2.24) is 0 Å². The Kier molecular flexibility index (Phi) is 12.1. The molecule has 0 radical (unpaired) electrons. The number of methoxy groups -OCH3 is 3. The minimum Gasteiger partial charge on any atom is -0.456 e. The maximum atomic E-state index is 13.1. The fourth-order valence-corrected chi connectivity index (χ4v) is 5.30. The van der Waals surface area contributed by atoms with Gasteiger partial charge >= 0.3 is 5.97 Å². The molecule has 38 heavy (non-hydrogen) atoms. The van der Waals surface area contributed by atoms with Gasteiger partial charge in [0.15, 0.2) is 6.10 Å². The number of carbonyl (C=O) groups excluding carboxylic acids is 1. The van der Waals surface area contributed by atoms with E-state index in [0.29, 0.717) is 12.0 Å². The highest BCUT2D eigenvalue weighted by Gasteiger charge is 2.60. The Hall–Kier alpha value is -1.15. The third-order valence-corrected chi connectivity index (χ3v) is 8.37. The first-order valence-corrected chi connectivity index (χ1v) is 13.3. The van der Waals surface area contributed by atoms with Crippen LogP contribution in [0, 0.1) is 11.3 Å². The van der Waals surface area contributed by atoms with Gasteiger partial charge in [-0.3, -0.25) is 0 Å². The van der Waals surface area contributed by atoms with E-state index in [0.717, 1.165) is 0 Å². The number of aliphatic hydroxyl groups is 5. The molecule has 5 N–H and O–H groups in total. The minimum atomic E-state index is -2.23. The van der Waals surface area contributed by atoms with E-state index in [2.05, 4.69) is 0 Å². The predicted octanol–water partition coefficient (Wildman–Crippen LogP) is 0.678. The zero-order valence-corrected chi connectivity index (χ0v) is 23.7. The molecule has 0 spiro atoms. The van der Waals surface area contributed by atoms with E-state index < -0.39 is 66.0 Å². The summed E-state index contributed by atoms with van der Waals surface area (Å²) in [6.45, 7) is 6.81. The van der Waals surface area contributed by atoms with Gasteiger partial charge in [0.25, 0.3) is 0 Å². The normalized spacial score (nSPS) is 40.2. The lowest BCUT2D eigenvalue weighted by Gasteiger charge is -2.54. The second-order valence-electron chi connectivity index (χ2n) is 11.1. The van der Waals surface area contributed by atoms with Gasteiger partial charge in [-0.05, 0) is 18.9 Å². The van der Waals surface area contributed by atoms with Crippen molar-refractivity contribution >= 4 is 5.97 Å². The average Bonchev–Trinajstić information content (AvgIpc) is 2.89. The Labute approximate surface area is 225 Å². The molecule has 11 heteroatoms. The second-order valence-corrected chi connectivity index (χ2v) is 11.1. The molecule has 2 bridgehead atoms. The smallest absolute Gasteiger partial charge is 0.338 e. The Balaban J connectivity index is 2.56. The zero-order valence-electron chi connectivity index (χ0n) is 23.7. The van der Waals surface area contributed by atoms with Gasteiger partial charge in [-0.2, -0.15) is 0 Å². The molecular weight excluding hydrogens is 500 g/mol. The molecule has 2 fully saturated rings. The van der Waals surface area contributed by atoms with E-state index >= 15 is 0 Å². The van der Waals surface area contributed by atoms with Gasteiger partial charge in [-0.1, -0.05) is 26.8 Å². The van der Waals surface area contributed by atoms with Gasteiger partial charge in [0, 0.05) is 65.0 Å². The topological polar surface area (TPSA) is 164 Å². The van der Waals surface area contributed by atoms with Crippen LogP contribution in [0.15, 0.2) is 11.6 Å². The molecule has 0 aromatic carbocycles. The van der Waals surface area contributed by atoms with Gasteiger partial charge in [0.05, 0.1) is 30.5 Å². The number of cyclic esters (lactones) is 1. The number of hydrogen-bond donors (Lipinski definition) is 5. The fourth-order valence-electron chi connectivity index (χ4n) is 5.30. The summed E-state index contributed by atoms with van der Waals surface area (Å²) in [5, 5.41) is 54.7. The number of esters is 1. The van der Waals surface area contributed by atoms with Crippen molar-refractivity contribution in [3.05, 3.63) is 11.6 Å². The maximum absolute atomic E-state index is 13.1. The number of aliphatic hydroxyl groups excluding tert-OH is 4. The van der Waals surface area contributed by atoms with Gasteiger partial charge in [-0.25, -0.2) is 4.79 Å². The van der Waals surface area contributed by atoms with Crippen LogP contribution in [0.25, 0.3) is 0 Å². The molecule has 5 unspecified atom stereocenters. The molecule has 2 heterocycles. The van der Waals surface area contributed by atoms with Crippen LogP contribution in [0.3, 0.4) is 0 Å². The largest absolute Gasteiger partial charge is 0.456 e.